The molecule has 0 radical (unpaired) electrons. The van der Waals surface area contributed by atoms with E-state index in [0.717, 1.165) is 27.5 Å². The normalized spacial score (nSPS) is 13.6. The van der Waals surface area contributed by atoms with Crippen molar-refractivity contribution in [2.75, 3.05) is 0 Å². The molecule has 6 aromatic carbocycles. The molecule has 0 N–H and O–H groups in total. The lowest BCUT2D eigenvalue weighted by atomic mass is 9.81. The van der Waals surface area contributed by atoms with Gasteiger partial charge in [-0.1, -0.05) is 92.7 Å². The smallest absolute Gasteiger partial charge is 0.123 e. The standard InChI is InChI=1S/C38H26FN/c1-38(2)33-13-7-5-10-27(33)28-20-17-24(21-34(28)38)31-22-32-36(29-11-4-3-9-26(29)31)30-12-6-8-14-35(30)40-37(32)23-15-18-25(39)19-16-23/h3-22H,1-2H3. The molecule has 1 nitrogen and oxygen atoms in total. The minimum absolute atomic E-state index is 0.0778. The van der Waals surface area contributed by atoms with Gasteiger partial charge in [-0.2, -0.15) is 0 Å². The molecule has 7 aromatic rings. The van der Waals surface area contributed by atoms with Gasteiger partial charge in [-0.25, -0.2) is 9.37 Å². The van der Waals surface area contributed by atoms with E-state index < -0.39 is 0 Å². The summed E-state index contributed by atoms with van der Waals surface area (Å²) in [6.07, 6.45) is 0. The molecule has 40 heavy (non-hydrogen) atoms. The molecule has 0 atom stereocenters. The number of para-hydroxylation sites is 1. The number of rotatable bonds is 2. The van der Waals surface area contributed by atoms with Crippen molar-refractivity contribution in [2.45, 2.75) is 19.3 Å². The molecular formula is C38H26FN. The Labute approximate surface area is 232 Å². The van der Waals surface area contributed by atoms with Gasteiger partial charge in [-0.05, 0) is 86.6 Å². The summed E-state index contributed by atoms with van der Waals surface area (Å²) in [5, 5.41) is 5.78. The number of hydrogen-bond acceptors (Lipinski definition) is 1. The Kier molecular flexibility index (Phi) is 4.82. The van der Waals surface area contributed by atoms with Crippen LogP contribution in [0.3, 0.4) is 0 Å². The third-order valence-electron chi connectivity index (χ3n) is 8.72. The summed E-state index contributed by atoms with van der Waals surface area (Å²) in [7, 11) is 0. The largest absolute Gasteiger partial charge is 0.247 e. The third-order valence-corrected chi connectivity index (χ3v) is 8.72. The number of aromatic nitrogens is 1. The maximum atomic E-state index is 13.9. The second-order valence-electron chi connectivity index (χ2n) is 11.3. The van der Waals surface area contributed by atoms with Crippen LogP contribution in [0.25, 0.3) is 66.0 Å². The summed E-state index contributed by atoms with van der Waals surface area (Å²) in [6, 6.07) is 41.7. The zero-order chi connectivity index (χ0) is 27.0. The molecule has 0 aliphatic heterocycles. The van der Waals surface area contributed by atoms with Gasteiger partial charge in [0.05, 0.1) is 11.2 Å². The van der Waals surface area contributed by atoms with E-state index in [-0.39, 0.29) is 11.2 Å². The zero-order valence-corrected chi connectivity index (χ0v) is 22.4. The lowest BCUT2D eigenvalue weighted by Crippen LogP contribution is -2.14. The molecule has 1 aromatic heterocycles. The fraction of sp³-hybridized carbons (Fsp3) is 0.0789. The van der Waals surface area contributed by atoms with Crippen molar-refractivity contribution >= 4 is 32.4 Å². The van der Waals surface area contributed by atoms with Crippen molar-refractivity contribution in [3.05, 3.63) is 138 Å². The molecule has 0 saturated carbocycles. The molecule has 0 spiro atoms. The van der Waals surface area contributed by atoms with Crippen LogP contribution in [0.15, 0.2) is 121 Å². The average molecular weight is 516 g/mol. The molecule has 0 unspecified atom stereocenters. The number of benzene rings is 6. The predicted octanol–water partition coefficient (Wildman–Crippen LogP) is 10.3. The summed E-state index contributed by atoms with van der Waals surface area (Å²) in [5.41, 5.74) is 10.4. The van der Waals surface area contributed by atoms with Crippen molar-refractivity contribution in [3.8, 4) is 33.5 Å². The lowest BCUT2D eigenvalue weighted by molar-refractivity contribution is 0.628. The molecule has 1 heterocycles. The molecule has 0 bridgehead atoms. The number of pyridine rings is 1. The van der Waals surface area contributed by atoms with Crippen LogP contribution >= 0.6 is 0 Å². The molecule has 8 rings (SSSR count). The van der Waals surface area contributed by atoms with Crippen molar-refractivity contribution in [1.29, 1.82) is 0 Å². The van der Waals surface area contributed by atoms with Crippen LogP contribution < -0.4 is 0 Å². The highest BCUT2D eigenvalue weighted by atomic mass is 19.1. The first-order chi connectivity index (χ1) is 19.5. The minimum atomic E-state index is -0.248. The van der Waals surface area contributed by atoms with Gasteiger partial charge in [0, 0.05) is 27.1 Å². The third kappa shape index (κ3) is 3.23. The fourth-order valence-corrected chi connectivity index (χ4v) is 6.75. The van der Waals surface area contributed by atoms with Gasteiger partial charge in [0.2, 0.25) is 0 Å². The van der Waals surface area contributed by atoms with Crippen LogP contribution in [-0.4, -0.2) is 4.98 Å². The van der Waals surface area contributed by atoms with E-state index in [1.54, 1.807) is 0 Å². The molecule has 190 valence electrons. The van der Waals surface area contributed by atoms with E-state index in [1.807, 2.05) is 18.2 Å². The first-order valence-electron chi connectivity index (χ1n) is 13.8. The number of nitrogens with zero attached hydrogens (tertiary/aromatic N) is 1. The van der Waals surface area contributed by atoms with E-state index in [2.05, 4.69) is 105 Å². The van der Waals surface area contributed by atoms with Crippen LogP contribution in [0.1, 0.15) is 25.0 Å². The van der Waals surface area contributed by atoms with Crippen molar-refractivity contribution in [1.82, 2.24) is 4.98 Å². The quantitative estimate of drug-likeness (QED) is 0.209. The number of hydrogen-bond donors (Lipinski definition) is 0. The van der Waals surface area contributed by atoms with Crippen LogP contribution in [0.5, 0.6) is 0 Å². The molecule has 0 fully saturated rings. The summed E-state index contributed by atoms with van der Waals surface area (Å²) in [6.45, 7) is 4.64. The molecule has 2 heteroatoms. The summed E-state index contributed by atoms with van der Waals surface area (Å²) < 4.78 is 13.9. The maximum Gasteiger partial charge on any atom is 0.123 e. The average Bonchev–Trinajstić information content (AvgIpc) is 3.22. The molecule has 1 aliphatic carbocycles. The second kappa shape index (κ2) is 8.34. The van der Waals surface area contributed by atoms with Gasteiger partial charge in [0.25, 0.3) is 0 Å². The van der Waals surface area contributed by atoms with Crippen molar-refractivity contribution < 1.29 is 4.39 Å². The van der Waals surface area contributed by atoms with E-state index in [1.165, 1.54) is 61.7 Å². The fourth-order valence-electron chi connectivity index (χ4n) is 6.75. The highest BCUT2D eigenvalue weighted by Gasteiger charge is 2.35. The van der Waals surface area contributed by atoms with E-state index in [0.29, 0.717) is 0 Å². The van der Waals surface area contributed by atoms with Gasteiger partial charge in [-0.3, -0.25) is 0 Å². The van der Waals surface area contributed by atoms with Gasteiger partial charge in [-0.15, -0.1) is 0 Å². The second-order valence-corrected chi connectivity index (χ2v) is 11.3. The van der Waals surface area contributed by atoms with Gasteiger partial charge >= 0.3 is 0 Å². The van der Waals surface area contributed by atoms with E-state index in [9.17, 15) is 4.39 Å². The monoisotopic (exact) mass is 515 g/mol. The molecule has 1 aliphatic rings. The molecule has 0 amide bonds. The van der Waals surface area contributed by atoms with Gasteiger partial charge in [0.1, 0.15) is 5.82 Å². The number of halogens is 1. The Hall–Kier alpha value is -4.82. The lowest BCUT2D eigenvalue weighted by Gasteiger charge is -2.22. The predicted molar refractivity (Wildman–Crippen MR) is 165 cm³/mol. The Morgan fingerprint density at radius 3 is 2.00 bits per heavy atom. The van der Waals surface area contributed by atoms with E-state index in [4.69, 9.17) is 4.98 Å². The number of fused-ring (bicyclic) bond motifs is 8. The van der Waals surface area contributed by atoms with E-state index >= 15 is 0 Å². The zero-order valence-electron chi connectivity index (χ0n) is 22.4. The van der Waals surface area contributed by atoms with Crippen molar-refractivity contribution in [2.24, 2.45) is 0 Å². The SMILES string of the molecule is CC1(C)c2ccccc2-c2ccc(-c3cc4c(-c5ccc(F)cc5)nc5ccccc5c4c4ccccc34)cc21. The topological polar surface area (TPSA) is 12.9 Å². The highest BCUT2D eigenvalue weighted by molar-refractivity contribution is 6.25. The first kappa shape index (κ1) is 23.1. The Morgan fingerprint density at radius 2 is 1.18 bits per heavy atom. The van der Waals surface area contributed by atoms with Crippen LogP contribution in [0.2, 0.25) is 0 Å². The van der Waals surface area contributed by atoms with Crippen LogP contribution in [-0.2, 0) is 5.41 Å². The van der Waals surface area contributed by atoms with Crippen LogP contribution in [0, 0.1) is 5.82 Å². The minimum Gasteiger partial charge on any atom is -0.247 e. The van der Waals surface area contributed by atoms with Gasteiger partial charge < -0.3 is 0 Å². The Morgan fingerprint density at radius 1 is 0.525 bits per heavy atom. The molecular weight excluding hydrogens is 489 g/mol. The highest BCUT2D eigenvalue weighted by Crippen LogP contribution is 2.50. The van der Waals surface area contributed by atoms with Gasteiger partial charge in [0.15, 0.2) is 0 Å². The molecule has 0 saturated heterocycles. The summed E-state index contributed by atoms with van der Waals surface area (Å²) in [4.78, 5) is 5.13. The van der Waals surface area contributed by atoms with Crippen molar-refractivity contribution in [3.63, 3.8) is 0 Å². The van der Waals surface area contributed by atoms with Crippen LogP contribution in [0.4, 0.5) is 4.39 Å². The summed E-state index contributed by atoms with van der Waals surface area (Å²) >= 11 is 0. The Bertz CT molecular complexity index is 2140. The Balaban J connectivity index is 1.47. The maximum absolute atomic E-state index is 13.9. The summed E-state index contributed by atoms with van der Waals surface area (Å²) in [5.74, 6) is -0.248. The first-order valence-corrected chi connectivity index (χ1v) is 13.8.